The Hall–Kier alpha value is -4.40. The summed E-state index contributed by atoms with van der Waals surface area (Å²) in [6.07, 6.45) is 1.67. The number of carbonyl (C=O) groups excluding carboxylic acids is 1. The smallest absolute Gasteiger partial charge is 0.325 e. The molecule has 2 aromatic carbocycles. The van der Waals surface area contributed by atoms with Crippen molar-refractivity contribution >= 4 is 23.4 Å². The normalized spacial score (nSPS) is 11.1. The molecule has 0 atom stereocenters. The van der Waals surface area contributed by atoms with Gasteiger partial charge in [0, 0.05) is 35.1 Å². The van der Waals surface area contributed by atoms with E-state index in [2.05, 4.69) is 15.3 Å². The molecule has 0 saturated heterocycles. The van der Waals surface area contributed by atoms with E-state index < -0.39 is 12.5 Å². The van der Waals surface area contributed by atoms with Gasteiger partial charge in [0.1, 0.15) is 24.7 Å². The summed E-state index contributed by atoms with van der Waals surface area (Å²) in [4.78, 5) is 31.5. The van der Waals surface area contributed by atoms with Gasteiger partial charge >= 0.3 is 5.97 Å². The highest BCUT2D eigenvalue weighted by Crippen LogP contribution is 2.22. The largest absolute Gasteiger partial charge is 0.487 e. The summed E-state index contributed by atoms with van der Waals surface area (Å²) in [7, 11) is 0. The van der Waals surface area contributed by atoms with Crippen LogP contribution in [-0.4, -0.2) is 34.3 Å². The average Bonchev–Trinajstić information content (AvgIpc) is 2.82. The first-order chi connectivity index (χ1) is 15.8. The lowest BCUT2D eigenvalue weighted by Gasteiger charge is -2.14. The number of anilines is 1. The molecule has 0 unspecified atom stereocenters. The highest BCUT2D eigenvalue weighted by molar-refractivity contribution is 5.99. The van der Waals surface area contributed by atoms with Crippen LogP contribution in [0.2, 0.25) is 0 Å². The van der Waals surface area contributed by atoms with Crippen molar-refractivity contribution in [2.75, 3.05) is 12.3 Å². The van der Waals surface area contributed by atoms with Crippen molar-refractivity contribution in [1.82, 2.24) is 10.3 Å². The third kappa shape index (κ3) is 6.54. The predicted molar refractivity (Wildman–Crippen MR) is 125 cm³/mol. The topological polar surface area (TPSA) is 153 Å². The summed E-state index contributed by atoms with van der Waals surface area (Å²) in [6, 6.07) is 15.7. The van der Waals surface area contributed by atoms with Crippen LogP contribution in [0.25, 0.3) is 0 Å². The van der Waals surface area contributed by atoms with E-state index in [0.717, 1.165) is 11.3 Å². The number of hydrogen-bond acceptors (Lipinski definition) is 6. The first-order valence-corrected chi connectivity index (χ1v) is 10.2. The predicted octanol–water partition coefficient (Wildman–Crippen LogP) is 2.27. The zero-order chi connectivity index (χ0) is 23.8. The molecule has 170 valence electrons. The first kappa shape index (κ1) is 23.3. The number of amidine groups is 1. The van der Waals surface area contributed by atoms with Gasteiger partial charge in [-0.15, -0.1) is 0 Å². The van der Waals surface area contributed by atoms with Crippen LogP contribution < -0.4 is 21.5 Å². The Labute approximate surface area is 191 Å². The number of aliphatic imine (C=N–C) groups is 1. The van der Waals surface area contributed by atoms with Gasteiger partial charge in [0.05, 0.1) is 5.69 Å². The van der Waals surface area contributed by atoms with Gasteiger partial charge in [-0.05, 0) is 48.9 Å². The van der Waals surface area contributed by atoms with Crippen molar-refractivity contribution in [1.29, 1.82) is 0 Å². The van der Waals surface area contributed by atoms with Crippen LogP contribution in [0, 0.1) is 6.92 Å². The average molecular weight is 447 g/mol. The molecule has 0 aliphatic carbocycles. The third-order valence-electron chi connectivity index (χ3n) is 4.82. The minimum absolute atomic E-state index is 0.0769. The van der Waals surface area contributed by atoms with E-state index in [0.29, 0.717) is 28.1 Å². The van der Waals surface area contributed by atoms with Crippen LogP contribution in [0.4, 0.5) is 5.69 Å². The number of ether oxygens (including phenoxy) is 1. The third-order valence-corrected chi connectivity index (χ3v) is 4.82. The fraction of sp³-hybridized carbons (Fsp3) is 0.167. The molecule has 3 rings (SSSR count). The molecule has 0 spiro atoms. The van der Waals surface area contributed by atoms with Crippen molar-refractivity contribution in [2.24, 2.45) is 10.7 Å². The van der Waals surface area contributed by atoms with Crippen molar-refractivity contribution < 1.29 is 19.4 Å². The number of amides is 1. The molecule has 0 aliphatic heterocycles. The van der Waals surface area contributed by atoms with E-state index in [-0.39, 0.29) is 24.9 Å². The molecule has 9 nitrogen and oxygen atoms in total. The minimum atomic E-state index is -1.08. The van der Waals surface area contributed by atoms with Gasteiger partial charge in [-0.3, -0.25) is 19.6 Å². The van der Waals surface area contributed by atoms with Crippen LogP contribution >= 0.6 is 0 Å². The Kier molecular flexibility index (Phi) is 7.59. The van der Waals surface area contributed by atoms with Crippen LogP contribution in [0.5, 0.6) is 5.75 Å². The number of pyridine rings is 1. The van der Waals surface area contributed by atoms with Crippen LogP contribution in [0.15, 0.2) is 65.8 Å². The van der Waals surface area contributed by atoms with E-state index in [4.69, 9.17) is 21.3 Å². The Bertz CT molecular complexity index is 1180. The molecule has 9 heteroatoms. The molecule has 0 aliphatic rings. The van der Waals surface area contributed by atoms with Gasteiger partial charge in [0.15, 0.2) is 0 Å². The second-order valence-electron chi connectivity index (χ2n) is 7.28. The zero-order valence-electron chi connectivity index (χ0n) is 18.1. The van der Waals surface area contributed by atoms with Crippen LogP contribution in [0.1, 0.15) is 32.7 Å². The Morgan fingerprint density at radius 3 is 2.61 bits per heavy atom. The summed E-state index contributed by atoms with van der Waals surface area (Å²) < 4.78 is 5.96. The number of carbonyl (C=O) groups is 2. The molecule has 6 N–H and O–H groups in total. The maximum absolute atomic E-state index is 12.6. The number of aryl methyl sites for hydroxylation is 1. The summed E-state index contributed by atoms with van der Waals surface area (Å²) >= 11 is 0. The van der Waals surface area contributed by atoms with E-state index in [9.17, 15) is 9.59 Å². The van der Waals surface area contributed by atoms with Gasteiger partial charge in [-0.1, -0.05) is 18.2 Å². The number of aromatic nitrogens is 1. The SMILES string of the molecule is Cc1cc(C(=O)NCc2ccc(C(N)=NCC(=O)O)cc2OCc2ccccn2)ccc1N. The molecule has 3 aromatic rings. The molecule has 1 aromatic heterocycles. The number of benzene rings is 2. The quantitative estimate of drug-likeness (QED) is 0.223. The van der Waals surface area contributed by atoms with E-state index in [1.54, 1.807) is 42.6 Å². The number of nitrogens with one attached hydrogen (secondary N) is 1. The van der Waals surface area contributed by atoms with Crippen LogP contribution in [0.3, 0.4) is 0 Å². The Morgan fingerprint density at radius 1 is 1.12 bits per heavy atom. The number of aliphatic carboxylic acids is 1. The second kappa shape index (κ2) is 10.8. The fourth-order valence-corrected chi connectivity index (χ4v) is 2.97. The van der Waals surface area contributed by atoms with E-state index >= 15 is 0 Å². The number of nitrogen functional groups attached to an aromatic ring is 1. The lowest BCUT2D eigenvalue weighted by molar-refractivity contribution is -0.135. The molecule has 33 heavy (non-hydrogen) atoms. The van der Waals surface area contributed by atoms with E-state index in [1.165, 1.54) is 0 Å². The molecule has 0 radical (unpaired) electrons. The van der Waals surface area contributed by atoms with Crippen molar-refractivity contribution in [3.63, 3.8) is 0 Å². The molecule has 1 amide bonds. The molecule has 0 bridgehead atoms. The maximum Gasteiger partial charge on any atom is 0.325 e. The van der Waals surface area contributed by atoms with E-state index in [1.807, 2.05) is 25.1 Å². The van der Waals surface area contributed by atoms with Gasteiger partial charge < -0.3 is 26.6 Å². The van der Waals surface area contributed by atoms with Gasteiger partial charge in [-0.25, -0.2) is 0 Å². The van der Waals surface area contributed by atoms with Crippen LogP contribution in [-0.2, 0) is 17.9 Å². The summed E-state index contributed by atoms with van der Waals surface area (Å²) in [5.41, 5.74) is 15.6. The number of nitrogens with zero attached hydrogens (tertiary/aromatic N) is 2. The van der Waals surface area contributed by atoms with Gasteiger partial charge in [0.25, 0.3) is 5.91 Å². The number of rotatable bonds is 9. The van der Waals surface area contributed by atoms with Gasteiger partial charge in [0.2, 0.25) is 0 Å². The molecule has 0 fully saturated rings. The maximum atomic E-state index is 12.6. The molecular weight excluding hydrogens is 422 g/mol. The standard InChI is InChI=1S/C24H25N5O4/c1-15-10-17(7-8-20(15)25)24(32)29-12-18-6-5-16(23(26)28-13-22(30)31)11-21(18)33-14-19-4-2-3-9-27-19/h2-11H,12-14,25H2,1H3,(H2,26,28)(H,29,32)(H,30,31). The van der Waals surface area contributed by atoms with Crippen molar-refractivity contribution in [3.8, 4) is 5.75 Å². The van der Waals surface area contributed by atoms with Gasteiger partial charge in [-0.2, -0.15) is 0 Å². The molecule has 0 saturated carbocycles. The Balaban J connectivity index is 1.80. The highest BCUT2D eigenvalue weighted by atomic mass is 16.5. The van der Waals surface area contributed by atoms with Crippen molar-refractivity contribution in [3.05, 3.63) is 88.7 Å². The number of carboxylic acids is 1. The molecular formula is C24H25N5O4. The molecule has 1 heterocycles. The lowest BCUT2D eigenvalue weighted by atomic mass is 10.1. The summed E-state index contributed by atoms with van der Waals surface area (Å²) in [5, 5.41) is 11.7. The second-order valence-corrected chi connectivity index (χ2v) is 7.28. The lowest BCUT2D eigenvalue weighted by Crippen LogP contribution is -2.23. The number of hydrogen-bond donors (Lipinski definition) is 4. The monoisotopic (exact) mass is 447 g/mol. The van der Waals surface area contributed by atoms with Crippen molar-refractivity contribution in [2.45, 2.75) is 20.1 Å². The zero-order valence-corrected chi connectivity index (χ0v) is 18.1. The highest BCUT2D eigenvalue weighted by Gasteiger charge is 2.12. The Morgan fingerprint density at radius 2 is 1.91 bits per heavy atom. The minimum Gasteiger partial charge on any atom is -0.487 e. The summed E-state index contributed by atoms with van der Waals surface area (Å²) in [5.74, 6) is -0.782. The fourth-order valence-electron chi connectivity index (χ4n) is 2.97. The number of nitrogens with two attached hydrogens (primary N) is 2. The summed E-state index contributed by atoms with van der Waals surface area (Å²) in [6.45, 7) is 1.81. The first-order valence-electron chi connectivity index (χ1n) is 10.2. The number of carboxylic acid groups (broad SMARTS) is 1.